The molecule has 0 N–H and O–H groups in total. The predicted octanol–water partition coefficient (Wildman–Crippen LogP) is 2.61. The smallest absolute Gasteiger partial charge is 0.217 e. The van der Waals surface area contributed by atoms with Gasteiger partial charge in [0.2, 0.25) is 5.95 Å². The molecule has 0 amide bonds. The molecule has 1 unspecified atom stereocenters. The highest BCUT2D eigenvalue weighted by Crippen LogP contribution is 2.19. The molecule has 0 aliphatic rings. The second-order valence-corrected chi connectivity index (χ2v) is 2.86. The third kappa shape index (κ3) is 1.75. The van der Waals surface area contributed by atoms with Gasteiger partial charge in [0.25, 0.3) is 0 Å². The highest BCUT2D eigenvalue weighted by Gasteiger charge is 2.09. The number of hydrogen-bond acceptors (Lipinski definition) is 1. The van der Waals surface area contributed by atoms with Gasteiger partial charge in [-0.15, -0.1) is 6.42 Å². The highest BCUT2D eigenvalue weighted by atomic mass is 35.5. The van der Waals surface area contributed by atoms with Gasteiger partial charge in [-0.05, 0) is 13.0 Å². The van der Waals surface area contributed by atoms with Crippen LogP contribution in [0.25, 0.3) is 0 Å². The van der Waals surface area contributed by atoms with Crippen LogP contribution in [0, 0.1) is 18.3 Å². The Labute approximate surface area is 75.6 Å². The van der Waals surface area contributed by atoms with Crippen molar-refractivity contribution in [2.24, 2.45) is 0 Å². The first-order chi connectivity index (χ1) is 5.65. The number of halogens is 2. The monoisotopic (exact) mass is 183 g/mol. The van der Waals surface area contributed by atoms with Crippen molar-refractivity contribution in [3.63, 3.8) is 0 Å². The van der Waals surface area contributed by atoms with Gasteiger partial charge >= 0.3 is 0 Å². The molecule has 0 saturated heterocycles. The number of rotatable bonds is 1. The van der Waals surface area contributed by atoms with Gasteiger partial charge in [-0.1, -0.05) is 17.5 Å². The summed E-state index contributed by atoms with van der Waals surface area (Å²) in [6.07, 6.45) is 6.39. The zero-order valence-corrected chi connectivity index (χ0v) is 7.27. The van der Waals surface area contributed by atoms with Crippen molar-refractivity contribution in [3.8, 4) is 12.3 Å². The van der Waals surface area contributed by atoms with Crippen LogP contribution in [0.4, 0.5) is 4.39 Å². The van der Waals surface area contributed by atoms with Crippen molar-refractivity contribution in [2.75, 3.05) is 0 Å². The molecule has 0 bridgehead atoms. The normalized spacial score (nSPS) is 12.2. The highest BCUT2D eigenvalue weighted by molar-refractivity contribution is 6.30. The fraction of sp³-hybridized carbons (Fsp3) is 0.222. The Bertz CT molecular complexity index is 330. The molecule has 0 fully saturated rings. The van der Waals surface area contributed by atoms with Gasteiger partial charge in [-0.25, -0.2) is 4.98 Å². The Balaban J connectivity index is 3.15. The van der Waals surface area contributed by atoms with Crippen LogP contribution in [-0.4, -0.2) is 4.98 Å². The first-order valence-corrected chi connectivity index (χ1v) is 3.80. The molecule has 0 radical (unpaired) electrons. The molecule has 0 aliphatic carbocycles. The molecule has 62 valence electrons. The number of hydrogen-bond donors (Lipinski definition) is 0. The zero-order chi connectivity index (χ0) is 9.14. The molecule has 1 heterocycles. The third-order valence-electron chi connectivity index (χ3n) is 1.55. The lowest BCUT2D eigenvalue weighted by Gasteiger charge is -2.04. The summed E-state index contributed by atoms with van der Waals surface area (Å²) in [4.78, 5) is 3.45. The minimum absolute atomic E-state index is 0.295. The molecule has 1 aromatic heterocycles. The maximum Gasteiger partial charge on any atom is 0.217 e. The SMILES string of the molecule is C#CC(C)c1cc(Cl)cnc1F. The van der Waals surface area contributed by atoms with Crippen molar-refractivity contribution in [1.82, 2.24) is 4.98 Å². The van der Waals surface area contributed by atoms with E-state index in [9.17, 15) is 4.39 Å². The molecule has 1 rings (SSSR count). The maximum atomic E-state index is 12.9. The standard InChI is InChI=1S/C9H7ClFN/c1-3-6(2)8-4-7(10)5-12-9(8)11/h1,4-6H,2H3. The van der Waals surface area contributed by atoms with E-state index >= 15 is 0 Å². The van der Waals surface area contributed by atoms with Gasteiger partial charge in [0.15, 0.2) is 0 Å². The molecule has 0 aliphatic heterocycles. The van der Waals surface area contributed by atoms with Crippen LogP contribution in [0.5, 0.6) is 0 Å². The molecular weight excluding hydrogens is 177 g/mol. The lowest BCUT2D eigenvalue weighted by Crippen LogP contribution is -1.96. The topological polar surface area (TPSA) is 12.9 Å². The molecule has 0 saturated carbocycles. The van der Waals surface area contributed by atoms with Crippen molar-refractivity contribution in [1.29, 1.82) is 0 Å². The summed E-state index contributed by atoms with van der Waals surface area (Å²) in [5.41, 5.74) is 0.366. The van der Waals surface area contributed by atoms with E-state index < -0.39 is 5.95 Å². The van der Waals surface area contributed by atoms with Gasteiger partial charge in [-0.3, -0.25) is 0 Å². The van der Waals surface area contributed by atoms with Crippen LogP contribution < -0.4 is 0 Å². The largest absolute Gasteiger partial charge is 0.226 e. The first-order valence-electron chi connectivity index (χ1n) is 3.42. The molecular formula is C9H7ClFN. The molecule has 1 nitrogen and oxygen atoms in total. The lowest BCUT2D eigenvalue weighted by molar-refractivity contribution is 0.564. The van der Waals surface area contributed by atoms with Crippen LogP contribution in [-0.2, 0) is 0 Å². The predicted molar refractivity (Wildman–Crippen MR) is 46.5 cm³/mol. The molecule has 0 aromatic carbocycles. The maximum absolute atomic E-state index is 12.9. The van der Waals surface area contributed by atoms with E-state index in [-0.39, 0.29) is 5.92 Å². The Morgan fingerprint density at radius 2 is 2.42 bits per heavy atom. The van der Waals surface area contributed by atoms with Crippen LogP contribution in [0.2, 0.25) is 5.02 Å². The summed E-state index contributed by atoms with van der Waals surface area (Å²) in [5.74, 6) is 1.56. The van der Waals surface area contributed by atoms with Crippen molar-refractivity contribution < 1.29 is 4.39 Å². The summed E-state index contributed by atoms with van der Waals surface area (Å²) in [7, 11) is 0. The van der Waals surface area contributed by atoms with E-state index in [1.54, 1.807) is 6.92 Å². The van der Waals surface area contributed by atoms with E-state index in [1.807, 2.05) is 0 Å². The van der Waals surface area contributed by atoms with E-state index in [2.05, 4.69) is 10.9 Å². The van der Waals surface area contributed by atoms with E-state index in [1.165, 1.54) is 12.3 Å². The van der Waals surface area contributed by atoms with Gasteiger partial charge in [0.05, 0.1) is 5.02 Å². The average molecular weight is 184 g/mol. The van der Waals surface area contributed by atoms with Crippen LogP contribution in [0.1, 0.15) is 18.4 Å². The van der Waals surface area contributed by atoms with E-state index in [0.717, 1.165) is 0 Å². The van der Waals surface area contributed by atoms with Gasteiger partial charge in [0, 0.05) is 17.7 Å². The molecule has 0 spiro atoms. The van der Waals surface area contributed by atoms with Gasteiger partial charge in [-0.2, -0.15) is 4.39 Å². The van der Waals surface area contributed by atoms with E-state index in [4.69, 9.17) is 18.0 Å². The number of terminal acetylenes is 1. The zero-order valence-electron chi connectivity index (χ0n) is 6.51. The lowest BCUT2D eigenvalue weighted by atomic mass is 10.0. The minimum atomic E-state index is -0.551. The van der Waals surface area contributed by atoms with Crippen LogP contribution in [0.3, 0.4) is 0 Å². The van der Waals surface area contributed by atoms with Crippen molar-refractivity contribution in [3.05, 3.63) is 28.8 Å². The number of nitrogens with zero attached hydrogens (tertiary/aromatic N) is 1. The molecule has 1 aromatic rings. The summed E-state index contributed by atoms with van der Waals surface area (Å²) in [6.45, 7) is 1.72. The second kappa shape index (κ2) is 3.55. The Kier molecular flexibility index (Phi) is 2.67. The van der Waals surface area contributed by atoms with Crippen molar-refractivity contribution in [2.45, 2.75) is 12.8 Å². The number of pyridine rings is 1. The summed E-state index contributed by atoms with van der Waals surface area (Å²) >= 11 is 5.62. The molecule has 1 atom stereocenters. The van der Waals surface area contributed by atoms with Crippen LogP contribution in [0.15, 0.2) is 12.3 Å². The third-order valence-corrected chi connectivity index (χ3v) is 1.76. The fourth-order valence-corrected chi connectivity index (χ4v) is 0.998. The Morgan fingerprint density at radius 3 is 3.00 bits per heavy atom. The van der Waals surface area contributed by atoms with Crippen LogP contribution >= 0.6 is 11.6 Å². The fourth-order valence-electron chi connectivity index (χ4n) is 0.832. The average Bonchev–Trinajstić information content (AvgIpc) is 2.08. The molecule has 12 heavy (non-hydrogen) atoms. The summed E-state index contributed by atoms with van der Waals surface area (Å²) in [6, 6.07) is 1.49. The van der Waals surface area contributed by atoms with Gasteiger partial charge in [0.1, 0.15) is 0 Å². The Morgan fingerprint density at radius 1 is 1.75 bits per heavy atom. The van der Waals surface area contributed by atoms with Crippen molar-refractivity contribution >= 4 is 11.6 Å². The first kappa shape index (κ1) is 9.02. The minimum Gasteiger partial charge on any atom is -0.226 e. The summed E-state index contributed by atoms with van der Waals surface area (Å²) in [5, 5.41) is 0.397. The second-order valence-electron chi connectivity index (χ2n) is 2.42. The Hall–Kier alpha value is -1.07. The summed E-state index contributed by atoms with van der Waals surface area (Å²) < 4.78 is 12.9. The molecule has 3 heteroatoms. The van der Waals surface area contributed by atoms with Gasteiger partial charge < -0.3 is 0 Å². The van der Waals surface area contributed by atoms with E-state index in [0.29, 0.717) is 10.6 Å². The number of aromatic nitrogens is 1. The quantitative estimate of drug-likeness (QED) is 0.482.